The maximum atomic E-state index is 13.2. The molecule has 3 amide bonds. The number of nitrogens with one attached hydrogen (secondary N) is 1. The van der Waals surface area contributed by atoms with Crippen molar-refractivity contribution in [3.63, 3.8) is 0 Å². The molecule has 0 saturated carbocycles. The predicted octanol–water partition coefficient (Wildman–Crippen LogP) is 3.29. The van der Waals surface area contributed by atoms with E-state index < -0.39 is 6.04 Å². The number of hydrogen-bond acceptors (Lipinski definition) is 4. The van der Waals surface area contributed by atoms with Gasteiger partial charge in [-0.05, 0) is 63.0 Å². The van der Waals surface area contributed by atoms with Crippen LogP contribution in [0.25, 0.3) is 0 Å². The molecule has 0 radical (unpaired) electrons. The molecule has 2 fully saturated rings. The van der Waals surface area contributed by atoms with Crippen LogP contribution >= 0.6 is 0 Å². The van der Waals surface area contributed by atoms with Gasteiger partial charge in [-0.25, -0.2) is 4.90 Å². The fraction of sp³-hybridized carbons (Fsp3) is 0.375. The van der Waals surface area contributed by atoms with Crippen molar-refractivity contribution in [3.05, 3.63) is 59.7 Å². The Labute approximate surface area is 176 Å². The minimum atomic E-state index is -0.436. The lowest BCUT2D eigenvalue weighted by molar-refractivity contribution is -0.123. The molecule has 6 heteroatoms. The molecule has 2 heterocycles. The first-order valence-corrected chi connectivity index (χ1v) is 10.5. The molecule has 0 aromatic heterocycles. The number of anilines is 2. The van der Waals surface area contributed by atoms with Crippen molar-refractivity contribution in [1.29, 1.82) is 0 Å². The number of piperidine rings is 1. The maximum Gasteiger partial charge on any atom is 0.251 e. The van der Waals surface area contributed by atoms with Crippen LogP contribution in [-0.4, -0.2) is 41.8 Å². The van der Waals surface area contributed by atoms with Crippen molar-refractivity contribution in [1.82, 2.24) is 4.90 Å². The van der Waals surface area contributed by atoms with Gasteiger partial charge in [0.25, 0.3) is 5.91 Å². The van der Waals surface area contributed by atoms with E-state index >= 15 is 0 Å². The largest absolute Gasteiger partial charge is 0.326 e. The van der Waals surface area contributed by atoms with Crippen LogP contribution in [0.4, 0.5) is 11.4 Å². The fourth-order valence-electron chi connectivity index (χ4n) is 4.53. The van der Waals surface area contributed by atoms with Gasteiger partial charge in [-0.3, -0.25) is 19.3 Å². The topological polar surface area (TPSA) is 69.7 Å². The summed E-state index contributed by atoms with van der Waals surface area (Å²) >= 11 is 0. The molecule has 0 bridgehead atoms. The van der Waals surface area contributed by atoms with Gasteiger partial charge in [-0.1, -0.05) is 36.4 Å². The molecule has 156 valence electrons. The smallest absolute Gasteiger partial charge is 0.251 e. The summed E-state index contributed by atoms with van der Waals surface area (Å²) in [5.41, 5.74) is 3.36. The van der Waals surface area contributed by atoms with Crippen LogP contribution in [0.3, 0.4) is 0 Å². The van der Waals surface area contributed by atoms with E-state index in [0.717, 1.165) is 16.8 Å². The van der Waals surface area contributed by atoms with Crippen molar-refractivity contribution >= 4 is 29.1 Å². The number of aryl methyl sites for hydroxylation is 2. The molecule has 4 rings (SSSR count). The van der Waals surface area contributed by atoms with E-state index in [4.69, 9.17) is 0 Å². The Morgan fingerprint density at radius 3 is 2.20 bits per heavy atom. The van der Waals surface area contributed by atoms with Crippen LogP contribution in [0.2, 0.25) is 0 Å². The summed E-state index contributed by atoms with van der Waals surface area (Å²) in [6.07, 6.45) is 1.56. The number of amides is 3. The van der Waals surface area contributed by atoms with Crippen LogP contribution in [0.5, 0.6) is 0 Å². The van der Waals surface area contributed by atoms with Gasteiger partial charge in [0.15, 0.2) is 0 Å². The zero-order valence-corrected chi connectivity index (χ0v) is 17.4. The van der Waals surface area contributed by atoms with E-state index in [1.165, 1.54) is 4.90 Å². The van der Waals surface area contributed by atoms with Crippen molar-refractivity contribution < 1.29 is 14.4 Å². The van der Waals surface area contributed by atoms with Gasteiger partial charge in [-0.15, -0.1) is 0 Å². The molecule has 2 aromatic carbocycles. The van der Waals surface area contributed by atoms with Gasteiger partial charge in [0.2, 0.25) is 11.8 Å². The quantitative estimate of drug-likeness (QED) is 0.793. The van der Waals surface area contributed by atoms with Crippen LogP contribution in [-0.2, 0) is 14.4 Å². The molecule has 2 aromatic rings. The second-order valence-corrected chi connectivity index (χ2v) is 8.19. The van der Waals surface area contributed by atoms with Crippen molar-refractivity contribution in [2.24, 2.45) is 5.92 Å². The minimum absolute atomic E-state index is 0.0202. The molecular formula is C24H27N3O3. The van der Waals surface area contributed by atoms with E-state index in [1.54, 1.807) is 0 Å². The number of likely N-dealkylation sites (tertiary alicyclic amines) is 1. The second kappa shape index (κ2) is 8.40. The SMILES string of the molecule is Cc1cccc(C)c1N1C(=O)C[C@H](N2CCC(C(=O)Nc3ccccc3)CC2)C1=O. The van der Waals surface area contributed by atoms with Crippen LogP contribution in [0.1, 0.15) is 30.4 Å². The highest BCUT2D eigenvalue weighted by atomic mass is 16.2. The fourth-order valence-corrected chi connectivity index (χ4v) is 4.53. The number of benzene rings is 2. The Hall–Kier alpha value is -2.99. The molecule has 2 aliphatic heterocycles. The lowest BCUT2D eigenvalue weighted by Gasteiger charge is -2.34. The number of para-hydroxylation sites is 2. The van der Waals surface area contributed by atoms with Crippen molar-refractivity contribution in [2.75, 3.05) is 23.3 Å². The van der Waals surface area contributed by atoms with Gasteiger partial charge in [-0.2, -0.15) is 0 Å². The number of carbonyl (C=O) groups is 3. The molecular weight excluding hydrogens is 378 g/mol. The Kier molecular flexibility index (Phi) is 5.68. The van der Waals surface area contributed by atoms with E-state index in [-0.39, 0.29) is 30.1 Å². The zero-order valence-electron chi connectivity index (χ0n) is 17.4. The number of rotatable bonds is 4. The summed E-state index contributed by atoms with van der Waals surface area (Å²) < 4.78 is 0. The van der Waals surface area contributed by atoms with Gasteiger partial charge in [0.05, 0.1) is 18.2 Å². The van der Waals surface area contributed by atoms with Gasteiger partial charge >= 0.3 is 0 Å². The standard InChI is InChI=1S/C24H27N3O3/c1-16-7-6-8-17(2)22(16)27-21(28)15-20(24(27)30)26-13-11-18(12-14-26)23(29)25-19-9-4-3-5-10-19/h3-10,18,20H,11-15H2,1-2H3,(H,25,29)/t20-/m0/s1. The van der Waals surface area contributed by atoms with Gasteiger partial charge < -0.3 is 5.32 Å². The minimum Gasteiger partial charge on any atom is -0.326 e. The Morgan fingerprint density at radius 2 is 1.57 bits per heavy atom. The molecule has 6 nitrogen and oxygen atoms in total. The normalized spacial score (nSPS) is 20.6. The summed E-state index contributed by atoms with van der Waals surface area (Å²) in [4.78, 5) is 41.9. The average Bonchev–Trinajstić information content (AvgIpc) is 3.03. The Morgan fingerprint density at radius 1 is 0.933 bits per heavy atom. The third-order valence-electron chi connectivity index (χ3n) is 6.17. The summed E-state index contributed by atoms with van der Waals surface area (Å²) in [5.74, 6) is -0.355. The maximum absolute atomic E-state index is 13.2. The third-order valence-corrected chi connectivity index (χ3v) is 6.17. The molecule has 30 heavy (non-hydrogen) atoms. The summed E-state index contributed by atoms with van der Waals surface area (Å²) in [7, 11) is 0. The first kappa shape index (κ1) is 20.3. The molecule has 2 saturated heterocycles. The lowest BCUT2D eigenvalue weighted by atomic mass is 9.94. The van der Waals surface area contributed by atoms with E-state index in [9.17, 15) is 14.4 Å². The third kappa shape index (κ3) is 3.87. The number of imide groups is 1. The average molecular weight is 405 g/mol. The number of hydrogen-bond donors (Lipinski definition) is 1. The predicted molar refractivity (Wildman–Crippen MR) is 116 cm³/mol. The zero-order chi connectivity index (χ0) is 21.3. The summed E-state index contributed by atoms with van der Waals surface area (Å²) in [6.45, 7) is 5.12. The summed E-state index contributed by atoms with van der Waals surface area (Å²) in [5, 5.41) is 2.97. The second-order valence-electron chi connectivity index (χ2n) is 8.19. The monoisotopic (exact) mass is 405 g/mol. The molecule has 1 N–H and O–H groups in total. The van der Waals surface area contributed by atoms with E-state index in [0.29, 0.717) is 31.6 Å². The lowest BCUT2D eigenvalue weighted by Crippen LogP contribution is -2.47. The number of nitrogens with zero attached hydrogens (tertiary/aromatic N) is 2. The molecule has 2 aliphatic rings. The first-order chi connectivity index (χ1) is 14.5. The molecule has 0 unspecified atom stereocenters. The van der Waals surface area contributed by atoms with Gasteiger partial charge in [0, 0.05) is 11.6 Å². The molecule has 1 atom stereocenters. The van der Waals surface area contributed by atoms with E-state index in [2.05, 4.69) is 10.2 Å². The van der Waals surface area contributed by atoms with Crippen LogP contribution in [0, 0.1) is 19.8 Å². The number of carbonyl (C=O) groups excluding carboxylic acids is 3. The highest BCUT2D eigenvalue weighted by molar-refractivity contribution is 6.23. The van der Waals surface area contributed by atoms with E-state index in [1.807, 2.05) is 62.4 Å². The molecule has 0 spiro atoms. The van der Waals surface area contributed by atoms with Crippen molar-refractivity contribution in [2.45, 2.75) is 39.2 Å². The first-order valence-electron chi connectivity index (χ1n) is 10.5. The van der Waals surface area contributed by atoms with Crippen molar-refractivity contribution in [3.8, 4) is 0 Å². The Bertz CT molecular complexity index is 945. The van der Waals surface area contributed by atoms with Crippen LogP contribution < -0.4 is 10.2 Å². The highest BCUT2D eigenvalue weighted by Gasteiger charge is 2.44. The summed E-state index contributed by atoms with van der Waals surface area (Å²) in [6, 6.07) is 14.8. The van der Waals surface area contributed by atoms with Gasteiger partial charge in [0.1, 0.15) is 0 Å². The van der Waals surface area contributed by atoms with Crippen LogP contribution in [0.15, 0.2) is 48.5 Å². The highest BCUT2D eigenvalue weighted by Crippen LogP contribution is 2.32. The molecule has 0 aliphatic carbocycles. The Balaban J connectivity index is 1.40.